The number of hydrogen-bond acceptors (Lipinski definition) is 5. The molecule has 1 N–H and O–H groups in total. The number of sulfonamides is 1. The maximum Gasteiger partial charge on any atom is 0.345 e. The van der Waals surface area contributed by atoms with Crippen LogP contribution in [0.3, 0.4) is 0 Å². The van der Waals surface area contributed by atoms with Gasteiger partial charge in [0.05, 0.1) is 4.90 Å². The van der Waals surface area contributed by atoms with Gasteiger partial charge in [-0.25, -0.2) is 13.2 Å². The molecule has 0 spiro atoms. The molecule has 0 aliphatic rings. The third-order valence-electron chi connectivity index (χ3n) is 2.48. The minimum Gasteiger partial charge on any atom is -0.477 e. The Balaban J connectivity index is 2.23. The molecule has 0 bridgehead atoms. The molecule has 0 aromatic carbocycles. The van der Waals surface area contributed by atoms with E-state index in [1.54, 1.807) is 0 Å². The van der Waals surface area contributed by atoms with E-state index in [1.807, 2.05) is 16.8 Å². The van der Waals surface area contributed by atoms with Crippen LogP contribution in [0.5, 0.6) is 0 Å². The van der Waals surface area contributed by atoms with E-state index in [1.165, 1.54) is 34.1 Å². The minimum absolute atomic E-state index is 0.0162. The molecule has 0 unspecified atom stereocenters. The average molecular weight is 317 g/mol. The predicted octanol–water partition coefficient (Wildman–Crippen LogP) is 2.33. The monoisotopic (exact) mass is 317 g/mol. The summed E-state index contributed by atoms with van der Waals surface area (Å²) in [6, 6.07) is 3.04. The zero-order valence-electron chi connectivity index (χ0n) is 9.94. The summed E-state index contributed by atoms with van der Waals surface area (Å²) < 4.78 is 25.7. The molecule has 2 aromatic heterocycles. The number of aromatic carboxylic acids is 1. The quantitative estimate of drug-likeness (QED) is 0.918. The second-order valence-corrected chi connectivity index (χ2v) is 7.58. The SMILES string of the molecule is CN(Cc1ccsc1)S(=O)(=O)c1csc(C(=O)O)c1. The number of carboxylic acid groups (broad SMARTS) is 1. The fourth-order valence-corrected chi connectivity index (χ4v) is 4.39. The van der Waals surface area contributed by atoms with Crippen molar-refractivity contribution in [1.82, 2.24) is 4.31 Å². The van der Waals surface area contributed by atoms with E-state index in [0.29, 0.717) is 0 Å². The van der Waals surface area contributed by atoms with Gasteiger partial charge in [0, 0.05) is 19.0 Å². The molecule has 19 heavy (non-hydrogen) atoms. The fourth-order valence-electron chi connectivity index (χ4n) is 1.47. The van der Waals surface area contributed by atoms with E-state index in [9.17, 15) is 13.2 Å². The largest absolute Gasteiger partial charge is 0.477 e. The molecular formula is C11H11NO4S3. The Morgan fingerprint density at radius 2 is 2.16 bits per heavy atom. The van der Waals surface area contributed by atoms with Crippen LogP contribution in [-0.4, -0.2) is 30.8 Å². The van der Waals surface area contributed by atoms with Crippen LogP contribution in [0, 0.1) is 0 Å². The molecule has 0 saturated carbocycles. The Hall–Kier alpha value is -1.22. The zero-order valence-corrected chi connectivity index (χ0v) is 12.4. The van der Waals surface area contributed by atoms with Gasteiger partial charge in [-0.2, -0.15) is 15.6 Å². The number of rotatable bonds is 5. The molecule has 0 atom stereocenters. The van der Waals surface area contributed by atoms with Crippen LogP contribution in [0.25, 0.3) is 0 Å². The van der Waals surface area contributed by atoms with Gasteiger partial charge in [-0.3, -0.25) is 0 Å². The maximum absolute atomic E-state index is 12.2. The molecule has 0 radical (unpaired) electrons. The van der Waals surface area contributed by atoms with Crippen LogP contribution >= 0.6 is 22.7 Å². The van der Waals surface area contributed by atoms with E-state index >= 15 is 0 Å². The first-order valence-electron chi connectivity index (χ1n) is 5.20. The fraction of sp³-hybridized carbons (Fsp3) is 0.182. The molecule has 5 nitrogen and oxygen atoms in total. The Morgan fingerprint density at radius 3 is 2.68 bits per heavy atom. The van der Waals surface area contributed by atoms with Crippen LogP contribution in [0.15, 0.2) is 33.2 Å². The van der Waals surface area contributed by atoms with Gasteiger partial charge in [0.25, 0.3) is 0 Å². The van der Waals surface area contributed by atoms with Crippen molar-refractivity contribution >= 4 is 38.7 Å². The van der Waals surface area contributed by atoms with Gasteiger partial charge in [-0.15, -0.1) is 11.3 Å². The topological polar surface area (TPSA) is 74.7 Å². The van der Waals surface area contributed by atoms with Crippen molar-refractivity contribution in [3.63, 3.8) is 0 Å². The van der Waals surface area contributed by atoms with Crippen LogP contribution in [0.4, 0.5) is 0 Å². The lowest BCUT2D eigenvalue weighted by atomic mass is 10.3. The van der Waals surface area contributed by atoms with Gasteiger partial charge in [-0.1, -0.05) is 0 Å². The third kappa shape index (κ3) is 3.03. The lowest BCUT2D eigenvalue weighted by molar-refractivity contribution is 0.0702. The summed E-state index contributed by atoms with van der Waals surface area (Å²) in [5.41, 5.74) is 0.907. The van der Waals surface area contributed by atoms with Crippen molar-refractivity contribution in [3.05, 3.63) is 38.7 Å². The van der Waals surface area contributed by atoms with E-state index < -0.39 is 16.0 Å². The van der Waals surface area contributed by atoms with E-state index in [0.717, 1.165) is 16.9 Å². The highest BCUT2D eigenvalue weighted by Crippen LogP contribution is 2.23. The van der Waals surface area contributed by atoms with Gasteiger partial charge < -0.3 is 5.11 Å². The summed E-state index contributed by atoms with van der Waals surface area (Å²) in [4.78, 5) is 10.8. The summed E-state index contributed by atoms with van der Waals surface area (Å²) in [6.45, 7) is 0.268. The van der Waals surface area contributed by atoms with Crippen LogP contribution in [-0.2, 0) is 16.6 Å². The molecule has 0 saturated heterocycles. The number of carbonyl (C=O) groups is 1. The number of thiophene rings is 2. The van der Waals surface area contributed by atoms with Crippen molar-refractivity contribution in [3.8, 4) is 0 Å². The third-order valence-corrected chi connectivity index (χ3v) is 6.06. The smallest absolute Gasteiger partial charge is 0.345 e. The first kappa shape index (κ1) is 14.2. The van der Waals surface area contributed by atoms with Gasteiger partial charge in [0.1, 0.15) is 4.88 Å². The summed E-state index contributed by atoms with van der Waals surface area (Å²) in [6.07, 6.45) is 0. The second-order valence-electron chi connectivity index (χ2n) is 3.84. The van der Waals surface area contributed by atoms with Crippen molar-refractivity contribution < 1.29 is 18.3 Å². The molecular weight excluding hydrogens is 306 g/mol. The van der Waals surface area contributed by atoms with Crippen molar-refractivity contribution in [2.75, 3.05) is 7.05 Å². The van der Waals surface area contributed by atoms with Crippen molar-refractivity contribution in [2.24, 2.45) is 0 Å². The second kappa shape index (κ2) is 5.41. The predicted molar refractivity (Wildman–Crippen MR) is 74.3 cm³/mol. The Kier molecular flexibility index (Phi) is 4.04. The van der Waals surface area contributed by atoms with Crippen LogP contribution in [0.1, 0.15) is 15.2 Å². The van der Waals surface area contributed by atoms with Gasteiger partial charge in [0.2, 0.25) is 10.0 Å². The first-order chi connectivity index (χ1) is 8.91. The van der Waals surface area contributed by atoms with Gasteiger partial charge >= 0.3 is 5.97 Å². The van der Waals surface area contributed by atoms with Crippen molar-refractivity contribution in [1.29, 1.82) is 0 Å². The summed E-state index contributed by atoms with van der Waals surface area (Å²) >= 11 is 2.41. The van der Waals surface area contributed by atoms with Gasteiger partial charge in [0.15, 0.2) is 0 Å². The molecule has 0 aliphatic carbocycles. The molecule has 0 fully saturated rings. The molecule has 102 valence electrons. The molecule has 2 heterocycles. The minimum atomic E-state index is -3.64. The Bertz CT molecular complexity index is 673. The normalized spacial score (nSPS) is 11.9. The highest BCUT2D eigenvalue weighted by atomic mass is 32.2. The molecule has 8 heteroatoms. The lowest BCUT2D eigenvalue weighted by Gasteiger charge is -2.15. The molecule has 0 aliphatic heterocycles. The first-order valence-corrected chi connectivity index (χ1v) is 8.47. The number of hydrogen-bond donors (Lipinski definition) is 1. The highest BCUT2D eigenvalue weighted by Gasteiger charge is 2.23. The summed E-state index contributed by atoms with van der Waals surface area (Å²) in [5.74, 6) is -1.12. The molecule has 2 rings (SSSR count). The Labute approximate surface area is 118 Å². The average Bonchev–Trinajstić information content (AvgIpc) is 2.99. The van der Waals surface area contributed by atoms with E-state index in [4.69, 9.17) is 5.11 Å². The van der Waals surface area contributed by atoms with E-state index in [-0.39, 0.29) is 16.3 Å². The zero-order chi connectivity index (χ0) is 14.0. The standard InChI is InChI=1S/C11H11NO4S3/c1-12(5-8-2-3-17-6-8)19(15,16)9-4-10(11(13)14)18-7-9/h2-4,6-7H,5H2,1H3,(H,13,14). The Morgan fingerprint density at radius 1 is 1.42 bits per heavy atom. The maximum atomic E-state index is 12.2. The summed E-state index contributed by atoms with van der Waals surface area (Å²) in [5, 5.41) is 13.9. The summed E-state index contributed by atoms with van der Waals surface area (Å²) in [7, 11) is -2.17. The van der Waals surface area contributed by atoms with E-state index in [2.05, 4.69) is 0 Å². The number of nitrogens with zero attached hydrogens (tertiary/aromatic N) is 1. The lowest BCUT2D eigenvalue weighted by Crippen LogP contribution is -2.25. The molecule has 0 amide bonds. The van der Waals surface area contributed by atoms with Crippen LogP contribution in [0.2, 0.25) is 0 Å². The van der Waals surface area contributed by atoms with Crippen molar-refractivity contribution in [2.45, 2.75) is 11.4 Å². The molecule has 2 aromatic rings. The van der Waals surface area contributed by atoms with Crippen LogP contribution < -0.4 is 0 Å². The van der Waals surface area contributed by atoms with Gasteiger partial charge in [-0.05, 0) is 28.5 Å². The number of carboxylic acids is 1. The highest BCUT2D eigenvalue weighted by molar-refractivity contribution is 7.89.